The first kappa shape index (κ1) is 19.4. The number of hydrogen-bond acceptors (Lipinski definition) is 4. The lowest BCUT2D eigenvalue weighted by atomic mass is 9.81. The fraction of sp³-hybridized carbons (Fsp3) is 0.231. The highest BCUT2D eigenvalue weighted by Crippen LogP contribution is 2.50. The summed E-state index contributed by atoms with van der Waals surface area (Å²) in [6.45, 7) is 5.14. The molecular formula is C26H26N3O2+. The zero-order valence-electron chi connectivity index (χ0n) is 18.0. The summed E-state index contributed by atoms with van der Waals surface area (Å²) in [5.74, 6) is 3.26. The summed E-state index contributed by atoms with van der Waals surface area (Å²) in [4.78, 5) is 4.66. The quantitative estimate of drug-likeness (QED) is 0.419. The molecule has 1 atom stereocenters. The molecule has 5 nitrogen and oxygen atoms in total. The molecule has 0 spiro atoms. The van der Waals surface area contributed by atoms with Gasteiger partial charge in [-0.1, -0.05) is 61.3 Å². The van der Waals surface area contributed by atoms with Gasteiger partial charge in [0.25, 0.3) is 0 Å². The van der Waals surface area contributed by atoms with E-state index in [1.54, 1.807) is 13.4 Å². The molecule has 2 N–H and O–H groups in total. The van der Waals surface area contributed by atoms with E-state index in [0.717, 1.165) is 40.1 Å². The van der Waals surface area contributed by atoms with E-state index in [1.807, 2.05) is 22.8 Å². The molecule has 0 aliphatic carbocycles. The third-order valence-electron chi connectivity index (χ3n) is 5.86. The summed E-state index contributed by atoms with van der Waals surface area (Å²) in [6.07, 6.45) is 1.78. The lowest BCUT2D eigenvalue weighted by Crippen LogP contribution is -2.41. The molecule has 156 valence electrons. The highest BCUT2D eigenvalue weighted by atomic mass is 16.5. The van der Waals surface area contributed by atoms with E-state index < -0.39 is 0 Å². The number of benzene rings is 3. The molecule has 0 unspecified atom stereocenters. The molecule has 4 aromatic rings. The van der Waals surface area contributed by atoms with E-state index >= 15 is 0 Å². The summed E-state index contributed by atoms with van der Waals surface area (Å²) in [6, 6.07) is 20.7. The molecule has 31 heavy (non-hydrogen) atoms. The van der Waals surface area contributed by atoms with E-state index in [0.29, 0.717) is 17.6 Å². The summed E-state index contributed by atoms with van der Waals surface area (Å²) in [5, 5.41) is 2.33. The minimum atomic E-state index is -0.0946. The Kier molecular flexibility index (Phi) is 4.74. The summed E-state index contributed by atoms with van der Waals surface area (Å²) >= 11 is 0. The lowest BCUT2D eigenvalue weighted by molar-refractivity contribution is -0.691. The zero-order valence-corrected chi connectivity index (χ0v) is 18.0. The van der Waals surface area contributed by atoms with E-state index in [4.69, 9.17) is 15.2 Å². The van der Waals surface area contributed by atoms with E-state index in [-0.39, 0.29) is 5.92 Å². The van der Waals surface area contributed by atoms with Crippen LogP contribution in [-0.2, 0) is 6.54 Å². The van der Waals surface area contributed by atoms with Crippen molar-refractivity contribution in [3.8, 4) is 17.4 Å². The number of fused-ring (bicyclic) bond motifs is 4. The highest BCUT2D eigenvalue weighted by molar-refractivity contribution is 5.90. The van der Waals surface area contributed by atoms with Crippen molar-refractivity contribution in [1.82, 2.24) is 4.98 Å². The molecule has 1 aliphatic rings. The van der Waals surface area contributed by atoms with Gasteiger partial charge in [0.2, 0.25) is 12.1 Å². The van der Waals surface area contributed by atoms with Crippen molar-refractivity contribution in [1.29, 1.82) is 0 Å². The molecule has 5 heteroatoms. The normalized spacial score (nSPS) is 14.8. The minimum absolute atomic E-state index is 0.0946. The molecule has 0 radical (unpaired) electrons. The Morgan fingerprint density at radius 2 is 1.81 bits per heavy atom. The first-order valence-electron chi connectivity index (χ1n) is 10.6. The standard InChI is InChI=1S/C26H25N3O2/c1-16(2)14-29-15-28-26-24(25(29)27)22(18-8-11-19(30-3)12-9-18)23-20-7-5-4-6-17(20)10-13-21(23)31-26/h4-13,15-16,22,27H,14H2,1-3H3/p+1/t22-/m1/s1. The van der Waals surface area contributed by atoms with E-state index in [2.05, 4.69) is 61.3 Å². The smallest absolute Gasteiger partial charge is 0.306 e. The highest BCUT2D eigenvalue weighted by Gasteiger charge is 2.37. The minimum Gasteiger partial charge on any atom is -0.497 e. The van der Waals surface area contributed by atoms with Crippen LogP contribution < -0.4 is 19.8 Å². The van der Waals surface area contributed by atoms with Crippen LogP contribution in [-0.4, -0.2) is 12.1 Å². The van der Waals surface area contributed by atoms with Crippen LogP contribution in [0.25, 0.3) is 10.8 Å². The predicted molar refractivity (Wildman–Crippen MR) is 122 cm³/mol. The Morgan fingerprint density at radius 3 is 2.55 bits per heavy atom. The molecule has 0 saturated heterocycles. The maximum atomic E-state index is 6.76. The third kappa shape index (κ3) is 3.26. The van der Waals surface area contributed by atoms with Crippen molar-refractivity contribution in [3.63, 3.8) is 0 Å². The van der Waals surface area contributed by atoms with Crippen molar-refractivity contribution >= 4 is 16.6 Å². The lowest BCUT2D eigenvalue weighted by Gasteiger charge is -2.28. The van der Waals surface area contributed by atoms with Crippen LogP contribution >= 0.6 is 0 Å². The number of hydrogen-bond donors (Lipinski definition) is 1. The van der Waals surface area contributed by atoms with Crippen LogP contribution in [0.2, 0.25) is 0 Å². The maximum Gasteiger partial charge on any atom is 0.306 e. The first-order valence-corrected chi connectivity index (χ1v) is 10.6. The average molecular weight is 413 g/mol. The van der Waals surface area contributed by atoms with Crippen LogP contribution in [0.4, 0.5) is 5.82 Å². The van der Waals surface area contributed by atoms with E-state index in [1.165, 1.54) is 5.39 Å². The van der Waals surface area contributed by atoms with Crippen LogP contribution in [0.15, 0.2) is 67.0 Å². The second-order valence-electron chi connectivity index (χ2n) is 8.40. The fourth-order valence-electron chi connectivity index (χ4n) is 4.45. The van der Waals surface area contributed by atoms with Gasteiger partial charge >= 0.3 is 5.88 Å². The van der Waals surface area contributed by atoms with Crippen molar-refractivity contribution in [3.05, 3.63) is 83.7 Å². The SMILES string of the molecule is COc1ccc([C@H]2c3c(nc[n+](CC(C)C)c3N)Oc3ccc4ccccc4c32)cc1. The predicted octanol–water partition coefficient (Wildman–Crippen LogP) is 5.06. The van der Waals surface area contributed by atoms with Crippen LogP contribution in [0.1, 0.15) is 36.5 Å². The van der Waals surface area contributed by atoms with Crippen LogP contribution in [0.5, 0.6) is 17.4 Å². The molecule has 0 bridgehead atoms. The number of aromatic nitrogens is 2. The molecule has 3 aromatic carbocycles. The maximum absolute atomic E-state index is 6.76. The molecule has 0 saturated carbocycles. The summed E-state index contributed by atoms with van der Waals surface area (Å²) in [7, 11) is 1.68. The Hall–Kier alpha value is -3.60. The monoisotopic (exact) mass is 412 g/mol. The number of nitrogens with two attached hydrogens (primary N) is 1. The topological polar surface area (TPSA) is 61.2 Å². The largest absolute Gasteiger partial charge is 0.497 e. The van der Waals surface area contributed by atoms with Crippen molar-refractivity contribution in [2.75, 3.05) is 12.8 Å². The van der Waals surface area contributed by atoms with Gasteiger partial charge < -0.3 is 15.2 Å². The Balaban J connectivity index is 1.80. The summed E-state index contributed by atoms with van der Waals surface area (Å²) in [5.41, 5.74) is 9.91. The fourth-order valence-corrected chi connectivity index (χ4v) is 4.45. The van der Waals surface area contributed by atoms with Crippen molar-refractivity contribution in [2.45, 2.75) is 26.3 Å². The molecule has 0 amide bonds. The Bertz CT molecular complexity index is 1270. The van der Waals surface area contributed by atoms with Crippen LogP contribution in [0, 0.1) is 5.92 Å². The molecule has 1 aliphatic heterocycles. The molecule has 0 fully saturated rings. The number of rotatable bonds is 4. The number of methoxy groups -OCH3 is 1. The van der Waals surface area contributed by atoms with Gasteiger partial charge in [-0.05, 0) is 40.5 Å². The zero-order chi connectivity index (χ0) is 21.5. The van der Waals surface area contributed by atoms with Crippen LogP contribution in [0.3, 0.4) is 0 Å². The Labute approximate surface area is 182 Å². The third-order valence-corrected chi connectivity index (χ3v) is 5.86. The molecule has 5 rings (SSSR count). The van der Waals surface area contributed by atoms with Gasteiger partial charge in [-0.15, -0.1) is 0 Å². The van der Waals surface area contributed by atoms with Gasteiger partial charge in [-0.2, -0.15) is 0 Å². The van der Waals surface area contributed by atoms with Gasteiger partial charge in [0.15, 0.2) is 0 Å². The first-order chi connectivity index (χ1) is 15.1. The van der Waals surface area contributed by atoms with Gasteiger partial charge in [-0.25, -0.2) is 4.57 Å². The molecule has 2 heterocycles. The summed E-state index contributed by atoms with van der Waals surface area (Å²) < 4.78 is 13.7. The number of nitrogens with zero attached hydrogens (tertiary/aromatic N) is 2. The second-order valence-corrected chi connectivity index (χ2v) is 8.40. The second kappa shape index (κ2) is 7.58. The van der Waals surface area contributed by atoms with Crippen molar-refractivity contribution < 1.29 is 14.0 Å². The number of nitrogen functional groups attached to an aromatic ring is 1. The van der Waals surface area contributed by atoms with Gasteiger partial charge in [-0.3, -0.25) is 0 Å². The molecular weight excluding hydrogens is 386 g/mol. The number of anilines is 1. The molecule has 1 aromatic heterocycles. The van der Waals surface area contributed by atoms with Gasteiger partial charge in [0.1, 0.15) is 17.1 Å². The number of ether oxygens (including phenoxy) is 2. The van der Waals surface area contributed by atoms with Crippen molar-refractivity contribution in [2.24, 2.45) is 5.92 Å². The van der Waals surface area contributed by atoms with Gasteiger partial charge in [0, 0.05) is 5.56 Å². The average Bonchev–Trinajstić information content (AvgIpc) is 2.79. The van der Waals surface area contributed by atoms with Gasteiger partial charge in [0.05, 0.1) is 19.6 Å². The Morgan fingerprint density at radius 1 is 1.03 bits per heavy atom. The van der Waals surface area contributed by atoms with E-state index in [9.17, 15) is 0 Å².